The molecule has 1 amide bonds. The summed E-state index contributed by atoms with van der Waals surface area (Å²) in [5, 5.41) is 0.436. The fourth-order valence-corrected chi connectivity index (χ4v) is 5.12. The topological polar surface area (TPSA) is 106 Å². The standard InChI is InChI=1S/C25H20BrClN2O6S/c1-15-23(25(31)34-2)22(24(30)29(15)18-5-3-4-17(27)12-18)13-19-8-9-20(35-19)14-28-36(32,33)21-10-6-16(26)7-11-21/h3-13,28H,14H2,1-2H3. The summed E-state index contributed by atoms with van der Waals surface area (Å²) < 4.78 is 38.9. The summed E-state index contributed by atoms with van der Waals surface area (Å²) in [6.45, 7) is 1.53. The largest absolute Gasteiger partial charge is 0.465 e. The highest BCUT2D eigenvalue weighted by molar-refractivity contribution is 9.10. The van der Waals surface area contributed by atoms with Gasteiger partial charge in [0.25, 0.3) is 5.91 Å². The van der Waals surface area contributed by atoms with Gasteiger partial charge in [-0.1, -0.05) is 33.6 Å². The Labute approximate surface area is 221 Å². The third-order valence-corrected chi connectivity index (χ3v) is 7.57. The number of hydrogen-bond donors (Lipinski definition) is 1. The maximum absolute atomic E-state index is 13.3. The number of nitrogens with zero attached hydrogens (tertiary/aromatic N) is 1. The summed E-state index contributed by atoms with van der Waals surface area (Å²) in [4.78, 5) is 27.4. The summed E-state index contributed by atoms with van der Waals surface area (Å²) in [5.74, 6) is -0.548. The average Bonchev–Trinajstić information content (AvgIpc) is 3.39. The molecule has 0 atom stereocenters. The van der Waals surface area contributed by atoms with Gasteiger partial charge in [-0.3, -0.25) is 9.69 Å². The number of sulfonamides is 1. The number of methoxy groups -OCH3 is 1. The molecule has 11 heteroatoms. The van der Waals surface area contributed by atoms with Crippen LogP contribution in [0.3, 0.4) is 0 Å². The molecule has 0 spiro atoms. The normalized spacial score (nSPS) is 15.2. The van der Waals surface area contributed by atoms with Crippen LogP contribution in [0.5, 0.6) is 0 Å². The van der Waals surface area contributed by atoms with Crippen molar-refractivity contribution in [3.8, 4) is 0 Å². The monoisotopic (exact) mass is 590 g/mol. The van der Waals surface area contributed by atoms with Crippen LogP contribution >= 0.6 is 27.5 Å². The number of anilines is 1. The van der Waals surface area contributed by atoms with Gasteiger partial charge >= 0.3 is 5.97 Å². The van der Waals surface area contributed by atoms with Crippen LogP contribution in [0.25, 0.3) is 6.08 Å². The summed E-state index contributed by atoms with van der Waals surface area (Å²) in [6, 6.07) is 16.1. The summed E-state index contributed by atoms with van der Waals surface area (Å²) >= 11 is 9.37. The van der Waals surface area contributed by atoms with Crippen LogP contribution in [0.4, 0.5) is 5.69 Å². The van der Waals surface area contributed by atoms with E-state index >= 15 is 0 Å². The first-order valence-electron chi connectivity index (χ1n) is 10.6. The Morgan fingerprint density at radius 2 is 1.89 bits per heavy atom. The first kappa shape index (κ1) is 25.9. The molecular formula is C25H20BrClN2O6S. The molecule has 36 heavy (non-hydrogen) atoms. The molecule has 1 aliphatic rings. The van der Waals surface area contributed by atoms with Crippen molar-refractivity contribution in [3.63, 3.8) is 0 Å². The molecule has 1 N–H and O–H groups in total. The van der Waals surface area contributed by atoms with E-state index in [0.717, 1.165) is 4.47 Å². The molecule has 0 radical (unpaired) electrons. The van der Waals surface area contributed by atoms with Gasteiger partial charge in [-0.25, -0.2) is 17.9 Å². The quantitative estimate of drug-likeness (QED) is 0.304. The average molecular weight is 592 g/mol. The van der Waals surface area contributed by atoms with E-state index in [1.54, 1.807) is 55.5 Å². The van der Waals surface area contributed by atoms with Gasteiger partial charge in [0.1, 0.15) is 11.5 Å². The Kier molecular flexibility index (Phi) is 7.51. The van der Waals surface area contributed by atoms with Crippen molar-refractivity contribution in [2.45, 2.75) is 18.4 Å². The molecule has 4 rings (SSSR count). The predicted molar refractivity (Wildman–Crippen MR) is 139 cm³/mol. The number of amides is 1. The Hall–Kier alpha value is -3.18. The third-order valence-electron chi connectivity index (χ3n) is 5.39. The smallest absolute Gasteiger partial charge is 0.340 e. The van der Waals surface area contributed by atoms with Gasteiger partial charge in [0, 0.05) is 15.2 Å². The molecule has 1 aromatic heterocycles. The van der Waals surface area contributed by atoms with Crippen molar-refractivity contribution < 1.29 is 27.2 Å². The number of halogens is 2. The molecule has 0 saturated carbocycles. The second-order valence-corrected chi connectivity index (χ2v) is 10.8. The van der Waals surface area contributed by atoms with E-state index in [1.807, 2.05) is 0 Å². The minimum atomic E-state index is -3.76. The lowest BCUT2D eigenvalue weighted by Gasteiger charge is -2.18. The minimum absolute atomic E-state index is 0.0793. The molecule has 0 saturated heterocycles. The molecule has 0 fully saturated rings. The van der Waals surface area contributed by atoms with Crippen molar-refractivity contribution in [1.29, 1.82) is 0 Å². The van der Waals surface area contributed by atoms with Gasteiger partial charge in [0.2, 0.25) is 10.0 Å². The lowest BCUT2D eigenvalue weighted by atomic mass is 10.1. The molecule has 1 aliphatic heterocycles. The zero-order valence-electron chi connectivity index (χ0n) is 19.1. The number of esters is 1. The van der Waals surface area contributed by atoms with Gasteiger partial charge in [-0.15, -0.1) is 0 Å². The number of allylic oxidation sites excluding steroid dienone is 1. The van der Waals surface area contributed by atoms with Crippen LogP contribution in [0.1, 0.15) is 18.4 Å². The number of carbonyl (C=O) groups is 2. The van der Waals surface area contributed by atoms with Gasteiger partial charge in [0.15, 0.2) is 0 Å². The molecule has 0 bridgehead atoms. The van der Waals surface area contributed by atoms with E-state index in [-0.39, 0.29) is 28.3 Å². The highest BCUT2D eigenvalue weighted by Crippen LogP contribution is 2.36. The number of hydrogen-bond acceptors (Lipinski definition) is 6. The number of nitrogens with one attached hydrogen (secondary N) is 1. The Bertz CT molecular complexity index is 1510. The maximum atomic E-state index is 13.3. The SMILES string of the molecule is COC(=O)C1=C(C)N(c2cccc(Cl)c2)C(=O)C1=Cc1ccc(CNS(=O)(=O)c2ccc(Br)cc2)o1. The fraction of sp³-hybridized carbons (Fsp3) is 0.120. The number of furan rings is 1. The number of rotatable bonds is 7. The van der Waals surface area contributed by atoms with Crippen molar-refractivity contribution in [2.24, 2.45) is 0 Å². The summed E-state index contributed by atoms with van der Waals surface area (Å²) in [5.41, 5.74) is 1.05. The highest BCUT2D eigenvalue weighted by Gasteiger charge is 2.38. The van der Waals surface area contributed by atoms with Crippen molar-refractivity contribution in [1.82, 2.24) is 4.72 Å². The molecule has 0 aliphatic carbocycles. The molecule has 2 aromatic carbocycles. The van der Waals surface area contributed by atoms with E-state index in [9.17, 15) is 18.0 Å². The molecular weight excluding hydrogens is 572 g/mol. The predicted octanol–water partition coefficient (Wildman–Crippen LogP) is 5.05. The van der Waals surface area contributed by atoms with E-state index in [1.165, 1.54) is 30.2 Å². The number of benzene rings is 2. The Morgan fingerprint density at radius 1 is 1.17 bits per heavy atom. The first-order chi connectivity index (χ1) is 17.1. The Balaban J connectivity index is 1.60. The second-order valence-electron chi connectivity index (χ2n) is 7.71. The van der Waals surface area contributed by atoms with Crippen LogP contribution < -0.4 is 9.62 Å². The molecule has 186 valence electrons. The zero-order valence-corrected chi connectivity index (χ0v) is 22.3. The van der Waals surface area contributed by atoms with E-state index < -0.39 is 21.9 Å². The minimum Gasteiger partial charge on any atom is -0.465 e. The lowest BCUT2D eigenvalue weighted by molar-refractivity contribution is -0.136. The van der Waals surface area contributed by atoms with Crippen molar-refractivity contribution in [3.05, 3.63) is 98.5 Å². The van der Waals surface area contributed by atoms with Gasteiger partial charge in [-0.2, -0.15) is 0 Å². The van der Waals surface area contributed by atoms with Gasteiger partial charge in [0.05, 0.1) is 35.4 Å². The summed E-state index contributed by atoms with van der Waals surface area (Å²) in [7, 11) is -2.52. The highest BCUT2D eigenvalue weighted by atomic mass is 79.9. The van der Waals surface area contributed by atoms with Crippen LogP contribution in [0, 0.1) is 0 Å². The number of carbonyl (C=O) groups excluding carboxylic acids is 2. The molecule has 3 aromatic rings. The molecule has 2 heterocycles. The second kappa shape index (κ2) is 10.4. The van der Waals surface area contributed by atoms with E-state index in [4.69, 9.17) is 20.8 Å². The van der Waals surface area contributed by atoms with E-state index in [0.29, 0.717) is 22.2 Å². The third kappa shape index (κ3) is 5.31. The maximum Gasteiger partial charge on any atom is 0.340 e. The van der Waals surface area contributed by atoms with E-state index in [2.05, 4.69) is 20.7 Å². The van der Waals surface area contributed by atoms with Crippen molar-refractivity contribution >= 4 is 61.2 Å². The van der Waals surface area contributed by atoms with Crippen LogP contribution in [-0.4, -0.2) is 27.4 Å². The van der Waals surface area contributed by atoms with Gasteiger partial charge in [-0.05, 0) is 67.6 Å². The van der Waals surface area contributed by atoms with Crippen LogP contribution in [0.15, 0.2) is 91.3 Å². The first-order valence-corrected chi connectivity index (χ1v) is 13.2. The zero-order chi connectivity index (χ0) is 26.0. The van der Waals surface area contributed by atoms with Crippen molar-refractivity contribution in [2.75, 3.05) is 12.0 Å². The Morgan fingerprint density at radius 3 is 2.56 bits per heavy atom. The lowest BCUT2D eigenvalue weighted by Crippen LogP contribution is -2.24. The molecule has 0 unspecified atom stereocenters. The summed E-state index contributed by atoms with van der Waals surface area (Å²) in [6.07, 6.45) is 1.43. The van der Waals surface area contributed by atoms with Gasteiger partial charge < -0.3 is 9.15 Å². The van der Waals surface area contributed by atoms with Crippen LogP contribution in [-0.2, 0) is 30.9 Å². The fourth-order valence-electron chi connectivity index (χ4n) is 3.68. The molecule has 8 nitrogen and oxygen atoms in total. The van der Waals surface area contributed by atoms with Crippen LogP contribution in [0.2, 0.25) is 5.02 Å². The number of ether oxygens (including phenoxy) is 1.